The van der Waals surface area contributed by atoms with E-state index in [0.717, 1.165) is 28.7 Å². The molecule has 0 unspecified atom stereocenters. The number of nitrogens with zero attached hydrogens (tertiary/aromatic N) is 2. The van der Waals surface area contributed by atoms with E-state index in [-0.39, 0.29) is 5.43 Å². The van der Waals surface area contributed by atoms with E-state index in [4.69, 9.17) is 0 Å². The van der Waals surface area contributed by atoms with Gasteiger partial charge in [0.2, 0.25) is 0 Å². The molecule has 106 valence electrons. The van der Waals surface area contributed by atoms with Crippen LogP contribution in [-0.4, -0.2) is 9.55 Å². The Bertz CT molecular complexity index is 973. The Kier molecular flexibility index (Phi) is 2.97. The molecule has 1 aliphatic carbocycles. The van der Waals surface area contributed by atoms with Crippen LogP contribution < -0.4 is 5.43 Å². The summed E-state index contributed by atoms with van der Waals surface area (Å²) in [4.78, 5) is 16.8. The van der Waals surface area contributed by atoms with E-state index < -0.39 is 0 Å². The van der Waals surface area contributed by atoms with Crippen molar-refractivity contribution in [2.45, 2.75) is 6.54 Å². The summed E-state index contributed by atoms with van der Waals surface area (Å²) in [5.41, 5.74) is 2.97. The molecule has 1 aliphatic heterocycles. The highest BCUT2D eigenvalue weighted by Gasteiger charge is 2.13. The largest absolute Gasteiger partial charge is 0.340 e. The predicted molar refractivity (Wildman–Crippen MR) is 88.2 cm³/mol. The molecule has 0 N–H and O–H groups in total. The molecule has 0 bridgehead atoms. The Morgan fingerprint density at radius 1 is 0.909 bits per heavy atom. The lowest BCUT2D eigenvalue weighted by atomic mass is 10.0. The van der Waals surface area contributed by atoms with Crippen LogP contribution in [0.2, 0.25) is 0 Å². The first kappa shape index (κ1) is 12.8. The van der Waals surface area contributed by atoms with Gasteiger partial charge in [-0.15, -0.1) is 0 Å². The van der Waals surface area contributed by atoms with E-state index in [1.807, 2.05) is 48.7 Å². The highest BCUT2D eigenvalue weighted by atomic mass is 16.1. The van der Waals surface area contributed by atoms with E-state index >= 15 is 0 Å². The highest BCUT2D eigenvalue weighted by Crippen LogP contribution is 2.26. The Hall–Kier alpha value is -2.94. The maximum Gasteiger partial charge on any atom is 0.188 e. The molecule has 0 saturated heterocycles. The van der Waals surface area contributed by atoms with Crippen molar-refractivity contribution in [3.8, 4) is 11.4 Å². The second kappa shape index (κ2) is 5.11. The average molecular weight is 286 g/mol. The van der Waals surface area contributed by atoms with Crippen LogP contribution in [0.1, 0.15) is 5.56 Å². The fraction of sp³-hybridized carbons (Fsp3) is 0.0526. The van der Waals surface area contributed by atoms with Crippen LogP contribution in [0.3, 0.4) is 0 Å². The molecule has 4 rings (SSSR count). The molecule has 22 heavy (non-hydrogen) atoms. The lowest BCUT2D eigenvalue weighted by molar-refractivity contribution is 0.789. The van der Waals surface area contributed by atoms with Crippen molar-refractivity contribution in [3.05, 3.63) is 88.8 Å². The first-order chi connectivity index (χ1) is 10.8. The minimum atomic E-state index is 0.0397. The summed E-state index contributed by atoms with van der Waals surface area (Å²) in [6.07, 6.45) is 3.71. The van der Waals surface area contributed by atoms with Gasteiger partial charge in [0.15, 0.2) is 5.43 Å². The molecular formula is C19H14N2O. The third-order valence-electron chi connectivity index (χ3n) is 3.91. The van der Waals surface area contributed by atoms with Gasteiger partial charge in [-0.3, -0.25) is 9.78 Å². The fourth-order valence-electron chi connectivity index (χ4n) is 2.85. The Morgan fingerprint density at radius 2 is 1.64 bits per heavy atom. The van der Waals surface area contributed by atoms with Crippen molar-refractivity contribution in [1.82, 2.24) is 9.55 Å². The minimum absolute atomic E-state index is 0.0397. The van der Waals surface area contributed by atoms with Crippen molar-refractivity contribution >= 4 is 10.8 Å². The molecule has 2 aliphatic rings. The Labute approximate surface area is 127 Å². The van der Waals surface area contributed by atoms with Crippen LogP contribution in [0.5, 0.6) is 0 Å². The second-order valence-corrected chi connectivity index (χ2v) is 5.33. The number of hydrogen-bond donors (Lipinski definition) is 0. The van der Waals surface area contributed by atoms with Crippen molar-refractivity contribution in [1.29, 1.82) is 0 Å². The quantitative estimate of drug-likeness (QED) is 0.528. The lowest BCUT2D eigenvalue weighted by Crippen LogP contribution is -2.11. The summed E-state index contributed by atoms with van der Waals surface area (Å²) in [6, 6.07) is 19.5. The SMILES string of the molecule is O=c1cc2n(Cc3ccccc3)ccnc-2c2ccccc12. The molecule has 0 fully saturated rings. The molecule has 0 amide bonds. The molecule has 2 aromatic rings. The first-order valence-electron chi connectivity index (χ1n) is 7.24. The topological polar surface area (TPSA) is 34.9 Å². The maximum absolute atomic E-state index is 12.4. The van der Waals surface area contributed by atoms with Crippen molar-refractivity contribution < 1.29 is 0 Å². The zero-order valence-corrected chi connectivity index (χ0v) is 11.9. The molecular weight excluding hydrogens is 272 g/mol. The molecule has 2 aromatic carbocycles. The van der Waals surface area contributed by atoms with Crippen LogP contribution in [0, 0.1) is 0 Å². The van der Waals surface area contributed by atoms with Gasteiger partial charge in [-0.1, -0.05) is 54.6 Å². The normalized spacial score (nSPS) is 11.1. The van der Waals surface area contributed by atoms with Gasteiger partial charge < -0.3 is 4.57 Å². The van der Waals surface area contributed by atoms with E-state index in [0.29, 0.717) is 0 Å². The first-order valence-corrected chi connectivity index (χ1v) is 7.24. The van der Waals surface area contributed by atoms with E-state index in [9.17, 15) is 4.79 Å². The number of aromatic nitrogens is 2. The zero-order chi connectivity index (χ0) is 14.9. The third-order valence-corrected chi connectivity index (χ3v) is 3.91. The van der Waals surface area contributed by atoms with E-state index in [1.165, 1.54) is 5.56 Å². The van der Waals surface area contributed by atoms with Crippen molar-refractivity contribution in [2.24, 2.45) is 0 Å². The summed E-state index contributed by atoms with van der Waals surface area (Å²) >= 11 is 0. The maximum atomic E-state index is 12.4. The molecule has 1 heterocycles. The van der Waals surface area contributed by atoms with Gasteiger partial charge in [0, 0.05) is 35.8 Å². The zero-order valence-electron chi connectivity index (χ0n) is 11.9. The predicted octanol–water partition coefficient (Wildman–Crippen LogP) is 3.55. The van der Waals surface area contributed by atoms with Crippen molar-refractivity contribution in [2.75, 3.05) is 0 Å². The molecule has 0 spiro atoms. The standard InChI is InChI=1S/C19H14N2O/c22-18-12-17-19(16-9-5-4-8-15(16)18)20-10-11-21(17)13-14-6-2-1-3-7-14/h1-12H,13H2. The van der Waals surface area contributed by atoms with Gasteiger partial charge in [0.25, 0.3) is 0 Å². The van der Waals surface area contributed by atoms with Gasteiger partial charge in [-0.2, -0.15) is 0 Å². The summed E-state index contributed by atoms with van der Waals surface area (Å²) in [7, 11) is 0. The van der Waals surface area contributed by atoms with Crippen LogP contribution in [0.25, 0.3) is 22.2 Å². The third kappa shape index (κ3) is 2.07. The fourth-order valence-corrected chi connectivity index (χ4v) is 2.85. The molecule has 3 nitrogen and oxygen atoms in total. The van der Waals surface area contributed by atoms with E-state index in [1.54, 1.807) is 12.3 Å². The lowest BCUT2D eigenvalue weighted by Gasteiger charge is -2.16. The Balaban J connectivity index is 1.95. The monoisotopic (exact) mass is 286 g/mol. The smallest absolute Gasteiger partial charge is 0.188 e. The minimum Gasteiger partial charge on any atom is -0.340 e. The van der Waals surface area contributed by atoms with Crippen LogP contribution in [0.15, 0.2) is 77.9 Å². The highest BCUT2D eigenvalue weighted by molar-refractivity contribution is 5.95. The molecule has 0 aromatic heterocycles. The van der Waals surface area contributed by atoms with Gasteiger partial charge in [0.05, 0.1) is 11.4 Å². The van der Waals surface area contributed by atoms with Gasteiger partial charge >= 0.3 is 0 Å². The van der Waals surface area contributed by atoms with Crippen LogP contribution in [-0.2, 0) is 6.54 Å². The second-order valence-electron chi connectivity index (χ2n) is 5.33. The Morgan fingerprint density at radius 3 is 2.45 bits per heavy atom. The van der Waals surface area contributed by atoms with Gasteiger partial charge in [-0.25, -0.2) is 0 Å². The van der Waals surface area contributed by atoms with Crippen molar-refractivity contribution in [3.63, 3.8) is 0 Å². The van der Waals surface area contributed by atoms with Gasteiger partial charge in [-0.05, 0) is 5.56 Å². The molecule has 0 atom stereocenters. The summed E-state index contributed by atoms with van der Waals surface area (Å²) in [6.45, 7) is 0.720. The van der Waals surface area contributed by atoms with Crippen LogP contribution in [0.4, 0.5) is 0 Å². The summed E-state index contributed by atoms with van der Waals surface area (Å²) < 4.78 is 2.07. The summed E-state index contributed by atoms with van der Waals surface area (Å²) in [5.74, 6) is 0. The number of fused-ring (bicyclic) bond motifs is 3. The number of hydrogen-bond acceptors (Lipinski definition) is 2. The molecule has 0 radical (unpaired) electrons. The average Bonchev–Trinajstić information content (AvgIpc) is 2.57. The molecule has 0 saturated carbocycles. The summed E-state index contributed by atoms with van der Waals surface area (Å²) in [5, 5.41) is 1.63. The van der Waals surface area contributed by atoms with E-state index in [2.05, 4.69) is 21.7 Å². The van der Waals surface area contributed by atoms with Crippen LogP contribution >= 0.6 is 0 Å². The number of benzene rings is 3. The van der Waals surface area contributed by atoms with Gasteiger partial charge in [0.1, 0.15) is 0 Å². The molecule has 3 heteroatoms. The number of rotatable bonds is 2.